The molecule has 0 fully saturated rings. The van der Waals surface area contributed by atoms with Crippen LogP contribution in [-0.4, -0.2) is 56.8 Å². The van der Waals surface area contributed by atoms with Gasteiger partial charge in [0, 0.05) is 31.3 Å². The molecule has 26 heavy (non-hydrogen) atoms. The van der Waals surface area contributed by atoms with E-state index in [1.54, 1.807) is 0 Å². The van der Waals surface area contributed by atoms with Crippen LogP contribution in [0.4, 0.5) is 13.2 Å². The number of alkyl halides is 3. The third-order valence-electron chi connectivity index (χ3n) is 4.13. The molecule has 1 aromatic carbocycles. The Morgan fingerprint density at radius 1 is 1.31 bits per heavy atom. The number of hydrogen-bond acceptors (Lipinski definition) is 4. The van der Waals surface area contributed by atoms with Gasteiger partial charge in [-0.3, -0.25) is 9.59 Å². The standard InChI is InChI=1S/C15H16ClF3N2O4S/c1-20(2)13(22)8-12-11-7-10(26(16,24)25)4-3-9(11)5-6-21(12)14(23)15(17,18)19/h3-4,7,12H,5-6,8H2,1-2H3. The summed E-state index contributed by atoms with van der Waals surface area (Å²) in [6.45, 7) is -0.232. The Bertz CT molecular complexity index is 840. The molecule has 1 aromatic rings. The first kappa shape index (κ1) is 20.5. The van der Waals surface area contributed by atoms with Crippen molar-refractivity contribution in [3.05, 3.63) is 29.3 Å². The molecule has 0 saturated heterocycles. The Balaban J connectivity index is 2.56. The highest BCUT2D eigenvalue weighted by Gasteiger charge is 2.46. The zero-order valence-electron chi connectivity index (χ0n) is 13.9. The van der Waals surface area contributed by atoms with E-state index in [1.165, 1.54) is 31.1 Å². The highest BCUT2D eigenvalue weighted by Crippen LogP contribution is 2.37. The van der Waals surface area contributed by atoms with Gasteiger partial charge >= 0.3 is 12.1 Å². The van der Waals surface area contributed by atoms with E-state index in [-0.39, 0.29) is 23.4 Å². The van der Waals surface area contributed by atoms with Crippen LogP contribution < -0.4 is 0 Å². The van der Waals surface area contributed by atoms with Crippen molar-refractivity contribution >= 4 is 31.5 Å². The third-order valence-corrected chi connectivity index (χ3v) is 5.48. The third kappa shape index (κ3) is 4.29. The van der Waals surface area contributed by atoms with Crippen molar-refractivity contribution in [3.8, 4) is 0 Å². The molecule has 0 N–H and O–H groups in total. The zero-order valence-corrected chi connectivity index (χ0v) is 15.5. The molecule has 0 saturated carbocycles. The fourth-order valence-electron chi connectivity index (χ4n) is 2.80. The molecular weight excluding hydrogens is 397 g/mol. The molecule has 6 nitrogen and oxygen atoms in total. The van der Waals surface area contributed by atoms with Gasteiger partial charge < -0.3 is 9.80 Å². The molecule has 2 amide bonds. The minimum atomic E-state index is -5.10. The van der Waals surface area contributed by atoms with E-state index in [0.717, 1.165) is 6.07 Å². The summed E-state index contributed by atoms with van der Waals surface area (Å²) in [6.07, 6.45) is -5.41. The first-order valence-corrected chi connectivity index (χ1v) is 9.78. The summed E-state index contributed by atoms with van der Waals surface area (Å²) in [5.74, 6) is -2.57. The molecular formula is C15H16ClF3N2O4S. The molecule has 0 aliphatic carbocycles. The summed E-state index contributed by atoms with van der Waals surface area (Å²) in [7, 11) is 4.06. The quantitative estimate of drug-likeness (QED) is 0.712. The summed E-state index contributed by atoms with van der Waals surface area (Å²) >= 11 is 0. The van der Waals surface area contributed by atoms with Gasteiger partial charge in [0.2, 0.25) is 5.91 Å². The number of carbonyl (C=O) groups is 2. The van der Waals surface area contributed by atoms with Gasteiger partial charge in [0.05, 0.1) is 17.4 Å². The van der Waals surface area contributed by atoms with E-state index in [0.29, 0.717) is 10.5 Å². The van der Waals surface area contributed by atoms with Gasteiger partial charge in [-0.05, 0) is 29.7 Å². The molecule has 1 aliphatic rings. The van der Waals surface area contributed by atoms with Crippen LogP contribution in [0.1, 0.15) is 23.6 Å². The lowest BCUT2D eigenvalue weighted by Gasteiger charge is -2.38. The van der Waals surface area contributed by atoms with E-state index in [2.05, 4.69) is 0 Å². The highest BCUT2D eigenvalue weighted by atomic mass is 35.7. The maximum atomic E-state index is 12.9. The van der Waals surface area contributed by atoms with Gasteiger partial charge in [-0.25, -0.2) is 8.42 Å². The van der Waals surface area contributed by atoms with Crippen LogP contribution >= 0.6 is 10.7 Å². The van der Waals surface area contributed by atoms with Crippen molar-refractivity contribution in [1.29, 1.82) is 0 Å². The molecule has 1 heterocycles. The highest BCUT2D eigenvalue weighted by molar-refractivity contribution is 8.13. The van der Waals surface area contributed by atoms with Crippen LogP contribution in [0.2, 0.25) is 0 Å². The fraction of sp³-hybridized carbons (Fsp3) is 0.467. The number of hydrogen-bond donors (Lipinski definition) is 0. The number of benzene rings is 1. The normalized spacial score (nSPS) is 17.6. The fourth-order valence-corrected chi connectivity index (χ4v) is 3.59. The first-order chi connectivity index (χ1) is 11.8. The minimum Gasteiger partial charge on any atom is -0.349 e. The molecule has 0 spiro atoms. The summed E-state index contributed by atoms with van der Waals surface area (Å²) in [6, 6.07) is 2.57. The van der Waals surface area contributed by atoms with Gasteiger partial charge in [0.15, 0.2) is 0 Å². The number of nitrogens with zero attached hydrogens (tertiary/aromatic N) is 2. The maximum absolute atomic E-state index is 12.9. The topological polar surface area (TPSA) is 74.8 Å². The van der Waals surface area contributed by atoms with E-state index in [4.69, 9.17) is 10.7 Å². The number of halogens is 4. The second-order valence-corrected chi connectivity index (χ2v) is 8.62. The van der Waals surface area contributed by atoms with Crippen molar-refractivity contribution in [2.75, 3.05) is 20.6 Å². The predicted octanol–water partition coefficient (Wildman–Crippen LogP) is 2.08. The van der Waals surface area contributed by atoms with Crippen molar-refractivity contribution in [2.45, 2.75) is 30.0 Å². The van der Waals surface area contributed by atoms with E-state index < -0.39 is 39.5 Å². The average molecular weight is 413 g/mol. The lowest BCUT2D eigenvalue weighted by Crippen LogP contribution is -2.47. The number of amides is 2. The lowest BCUT2D eigenvalue weighted by molar-refractivity contribution is -0.188. The molecule has 144 valence electrons. The summed E-state index contributed by atoms with van der Waals surface area (Å²) < 4.78 is 62.0. The van der Waals surface area contributed by atoms with Gasteiger partial charge in [-0.15, -0.1) is 0 Å². The average Bonchev–Trinajstić information content (AvgIpc) is 2.52. The Morgan fingerprint density at radius 3 is 2.42 bits per heavy atom. The van der Waals surface area contributed by atoms with E-state index >= 15 is 0 Å². The smallest absolute Gasteiger partial charge is 0.349 e. The SMILES string of the molecule is CN(C)C(=O)CC1c2cc(S(=O)(=O)Cl)ccc2CCN1C(=O)C(F)(F)F. The molecule has 1 unspecified atom stereocenters. The molecule has 1 atom stereocenters. The number of rotatable bonds is 3. The minimum absolute atomic E-state index is 0.104. The van der Waals surface area contributed by atoms with Crippen molar-refractivity contribution < 1.29 is 31.2 Å². The van der Waals surface area contributed by atoms with Gasteiger partial charge in [-0.2, -0.15) is 13.2 Å². The Kier molecular flexibility index (Phi) is 5.57. The second kappa shape index (κ2) is 7.07. The van der Waals surface area contributed by atoms with Crippen molar-refractivity contribution in [1.82, 2.24) is 9.80 Å². The van der Waals surface area contributed by atoms with Gasteiger partial charge in [0.1, 0.15) is 0 Å². The molecule has 0 radical (unpaired) electrons. The number of fused-ring (bicyclic) bond motifs is 1. The zero-order chi connectivity index (χ0) is 19.9. The van der Waals surface area contributed by atoms with Crippen molar-refractivity contribution in [2.24, 2.45) is 0 Å². The summed E-state index contributed by atoms with van der Waals surface area (Å²) in [4.78, 5) is 25.3. The summed E-state index contributed by atoms with van der Waals surface area (Å²) in [5.41, 5.74) is 0.739. The maximum Gasteiger partial charge on any atom is 0.471 e. The number of carbonyl (C=O) groups excluding carboxylic acids is 2. The molecule has 0 bridgehead atoms. The molecule has 0 aromatic heterocycles. The molecule has 11 heteroatoms. The van der Waals surface area contributed by atoms with Crippen molar-refractivity contribution in [3.63, 3.8) is 0 Å². The van der Waals surface area contributed by atoms with Crippen LogP contribution in [0.25, 0.3) is 0 Å². The Hall–Kier alpha value is -1.81. The largest absolute Gasteiger partial charge is 0.471 e. The van der Waals surface area contributed by atoms with Crippen LogP contribution in [0, 0.1) is 0 Å². The van der Waals surface area contributed by atoms with Crippen LogP contribution in [0.3, 0.4) is 0 Å². The van der Waals surface area contributed by atoms with E-state index in [1.807, 2.05) is 0 Å². The second-order valence-electron chi connectivity index (χ2n) is 6.05. The first-order valence-electron chi connectivity index (χ1n) is 7.48. The van der Waals surface area contributed by atoms with Crippen LogP contribution in [0.5, 0.6) is 0 Å². The van der Waals surface area contributed by atoms with Gasteiger partial charge in [0.25, 0.3) is 9.05 Å². The van der Waals surface area contributed by atoms with Gasteiger partial charge in [-0.1, -0.05) is 6.07 Å². The molecule has 1 aliphatic heterocycles. The molecule has 2 rings (SSSR count). The Morgan fingerprint density at radius 2 is 1.92 bits per heavy atom. The summed E-state index contributed by atoms with van der Waals surface area (Å²) in [5, 5.41) is 0. The van der Waals surface area contributed by atoms with E-state index in [9.17, 15) is 31.2 Å². The Labute approximate surface area is 152 Å². The monoisotopic (exact) mass is 412 g/mol. The predicted molar refractivity (Wildman–Crippen MR) is 87.0 cm³/mol. The van der Waals surface area contributed by atoms with Crippen LogP contribution in [0.15, 0.2) is 23.1 Å². The van der Waals surface area contributed by atoms with Crippen LogP contribution in [-0.2, 0) is 25.1 Å². The lowest BCUT2D eigenvalue weighted by atomic mass is 9.90.